The Morgan fingerprint density at radius 3 is 2.12 bits per heavy atom. The molecule has 0 atom stereocenters. The fourth-order valence-electron chi connectivity index (χ4n) is 5.98. The molecular weight excluding hydrogens is 649 g/mol. The third-order valence-corrected chi connectivity index (χ3v) is 8.34. The van der Waals surface area contributed by atoms with Crippen molar-refractivity contribution in [2.75, 3.05) is 32.8 Å². The number of carbonyl (C=O) groups excluding carboxylic acids is 1. The number of rotatable bonds is 10. The quantitative estimate of drug-likeness (QED) is 0.134. The first-order chi connectivity index (χ1) is 25.4. The second-order valence-corrected chi connectivity index (χ2v) is 11.3. The topological polar surface area (TPSA) is 135 Å². The predicted molar refractivity (Wildman–Crippen MR) is 199 cm³/mol. The second kappa shape index (κ2) is 19.0. The monoisotopic (exact) mass is 682 g/mol. The van der Waals surface area contributed by atoms with Gasteiger partial charge in [0, 0.05) is 43.0 Å². The van der Waals surface area contributed by atoms with E-state index >= 15 is 0 Å². The molecule has 2 aromatic rings. The molecular formula is C42H34N8O2. The fourth-order valence-corrected chi connectivity index (χ4v) is 5.98. The van der Waals surface area contributed by atoms with Gasteiger partial charge < -0.3 is 19.9 Å². The molecule has 1 amide bonds. The summed E-state index contributed by atoms with van der Waals surface area (Å²) in [6.07, 6.45) is 11.6. The van der Waals surface area contributed by atoms with Crippen LogP contribution in [0.1, 0.15) is 30.9 Å². The number of carbonyl (C=O) groups is 1. The van der Waals surface area contributed by atoms with E-state index < -0.39 is 0 Å². The van der Waals surface area contributed by atoms with Gasteiger partial charge in [0.05, 0.1) is 23.8 Å². The Labute approximate surface area is 304 Å². The first kappa shape index (κ1) is 37.4. The highest BCUT2D eigenvalue weighted by Gasteiger charge is 2.28. The van der Waals surface area contributed by atoms with Crippen molar-refractivity contribution in [3.63, 3.8) is 0 Å². The average molecular weight is 683 g/mol. The molecule has 0 radical (unpaired) electrons. The number of amides is 1. The molecule has 1 fully saturated rings. The van der Waals surface area contributed by atoms with E-state index in [2.05, 4.69) is 32.6 Å². The molecule has 1 N–H and O–H groups in total. The molecule has 1 aliphatic heterocycles. The number of ether oxygens (including phenoxy) is 1. The standard InChI is InChI=1S/C42H33N8O2/c1-4-52-42(51)50-25-23-49(24-26-50)40-33(17-11-19-35(27-43)38(37(29-45)30-46)31-13-7-5-8-14-31)21-22-34(40)18-12-20-36(28-44)39(41(47-2)48-3)32-15-9-6-10-16-32/h5-20H,4,21-26H2,1H3/q-1/p+1/b18-12+,19-11+,33-17+,36-20+. The summed E-state index contributed by atoms with van der Waals surface area (Å²) in [5.74, 6) is 1.99. The number of allylic oxidation sites excluding steroid dienone is 13. The van der Waals surface area contributed by atoms with Gasteiger partial charge in [0.15, 0.2) is 5.57 Å². The summed E-state index contributed by atoms with van der Waals surface area (Å²) < 4.78 is 5.21. The van der Waals surface area contributed by atoms with Crippen LogP contribution in [0.25, 0.3) is 26.2 Å². The molecule has 1 saturated heterocycles. The molecule has 0 spiro atoms. The summed E-state index contributed by atoms with van der Waals surface area (Å²) in [6.45, 7) is 19.2. The van der Waals surface area contributed by atoms with Gasteiger partial charge in [-0.25, -0.2) is 4.79 Å². The van der Waals surface area contributed by atoms with Gasteiger partial charge in [-0.1, -0.05) is 90.2 Å². The van der Waals surface area contributed by atoms with Gasteiger partial charge in [0.1, 0.15) is 19.2 Å². The molecule has 4 rings (SSSR count). The van der Waals surface area contributed by atoms with Gasteiger partial charge in [0.2, 0.25) is 0 Å². The number of hydrogen-bond acceptors (Lipinski definition) is 5. The van der Waals surface area contributed by atoms with E-state index in [9.17, 15) is 20.7 Å². The van der Waals surface area contributed by atoms with E-state index in [0.29, 0.717) is 62.3 Å². The molecule has 10 nitrogen and oxygen atoms in total. The van der Waals surface area contributed by atoms with Crippen LogP contribution in [0, 0.1) is 41.9 Å². The third kappa shape index (κ3) is 8.98. The van der Waals surface area contributed by atoms with Crippen molar-refractivity contribution in [3.05, 3.63) is 176 Å². The Morgan fingerprint density at radius 1 is 0.942 bits per heavy atom. The van der Waals surface area contributed by atoms with Crippen molar-refractivity contribution in [2.24, 2.45) is 0 Å². The molecule has 0 saturated carbocycles. The van der Waals surface area contributed by atoms with Crippen molar-refractivity contribution in [3.8, 4) is 18.2 Å². The van der Waals surface area contributed by atoms with Crippen LogP contribution in [-0.2, 0) is 4.74 Å². The fraction of sp³-hybridized carbons (Fsp3) is 0.190. The summed E-state index contributed by atoms with van der Waals surface area (Å²) in [5.41, 5.74) is 5.13. The molecule has 1 aliphatic carbocycles. The van der Waals surface area contributed by atoms with Crippen LogP contribution in [0.2, 0.25) is 0 Å². The van der Waals surface area contributed by atoms with Crippen molar-refractivity contribution >= 4 is 23.1 Å². The highest BCUT2D eigenvalue weighted by Crippen LogP contribution is 2.36. The molecule has 0 bridgehead atoms. The summed E-state index contributed by atoms with van der Waals surface area (Å²) >= 11 is 0. The van der Waals surface area contributed by atoms with Crippen LogP contribution >= 0.6 is 0 Å². The van der Waals surface area contributed by atoms with Gasteiger partial charge in [-0.15, -0.1) is 0 Å². The summed E-state index contributed by atoms with van der Waals surface area (Å²) in [4.78, 5) is 23.1. The highest BCUT2D eigenvalue weighted by atomic mass is 16.6. The second-order valence-electron chi connectivity index (χ2n) is 11.3. The van der Waals surface area contributed by atoms with Crippen LogP contribution in [0.15, 0.2) is 137 Å². The van der Waals surface area contributed by atoms with E-state index in [1.807, 2.05) is 30.4 Å². The van der Waals surface area contributed by atoms with E-state index in [1.54, 1.807) is 84.7 Å². The van der Waals surface area contributed by atoms with Crippen molar-refractivity contribution in [1.82, 2.24) is 9.80 Å². The Bertz CT molecular complexity index is 2140. The minimum atomic E-state index is -0.350. The van der Waals surface area contributed by atoms with Gasteiger partial charge in [-0.05, 0) is 54.2 Å². The van der Waals surface area contributed by atoms with E-state index in [1.165, 1.54) is 0 Å². The average Bonchev–Trinajstić information content (AvgIpc) is 3.59. The van der Waals surface area contributed by atoms with Crippen LogP contribution < -0.4 is 5.26 Å². The number of piperazine rings is 1. The van der Waals surface area contributed by atoms with Crippen molar-refractivity contribution in [1.29, 1.82) is 10.5 Å². The smallest absolute Gasteiger partial charge is 0.528 e. The van der Waals surface area contributed by atoms with E-state index in [0.717, 1.165) is 16.8 Å². The molecule has 0 aromatic heterocycles. The lowest BCUT2D eigenvalue weighted by molar-refractivity contribution is -0.0908. The Morgan fingerprint density at radius 2 is 1.58 bits per heavy atom. The van der Waals surface area contributed by atoms with Gasteiger partial charge in [0.25, 0.3) is 0 Å². The lowest BCUT2D eigenvalue weighted by atomic mass is 9.94. The van der Waals surface area contributed by atoms with Crippen molar-refractivity contribution in [2.45, 2.75) is 19.8 Å². The van der Waals surface area contributed by atoms with Gasteiger partial charge in [-0.2, -0.15) is 20.2 Å². The molecule has 52 heavy (non-hydrogen) atoms. The lowest BCUT2D eigenvalue weighted by Crippen LogP contribution is -2.48. The number of nitrogens with one attached hydrogen (secondary N) is 1. The number of nitriles is 2. The van der Waals surface area contributed by atoms with Crippen LogP contribution in [0.4, 0.5) is 4.79 Å². The number of hydrogen-bond donors (Lipinski definition) is 1. The van der Waals surface area contributed by atoms with Crippen LogP contribution in [0.5, 0.6) is 0 Å². The Balaban J connectivity index is 1.75. The number of nitrogens with zero attached hydrogens (tertiary/aromatic N) is 7. The van der Waals surface area contributed by atoms with E-state index in [-0.39, 0.29) is 34.2 Å². The molecule has 10 heteroatoms. The summed E-state index contributed by atoms with van der Waals surface area (Å²) in [5, 5.41) is 37.6. The zero-order valence-corrected chi connectivity index (χ0v) is 28.6. The van der Waals surface area contributed by atoms with Gasteiger partial charge in [-0.3, -0.25) is 5.87 Å². The zero-order chi connectivity index (χ0) is 37.3. The normalized spacial score (nSPS) is 15.5. The predicted octanol–water partition coefficient (Wildman–Crippen LogP) is 6.42. The first-order valence-electron chi connectivity index (χ1n) is 16.4. The molecule has 2 aromatic carbocycles. The first-order valence-corrected chi connectivity index (χ1v) is 16.4. The third-order valence-electron chi connectivity index (χ3n) is 8.34. The Kier molecular flexibility index (Phi) is 13.6. The SMILES string of the molecule is [C-]#[N+]C([N+]#[C-])=C(/C(C#N)=C/C=C/C1=C(N2CCN(C(=O)OCC)CC2)C(=C/C=C/C(=C=[N-])/C(=C(/C#N)C#[NH+])c2ccccc2)/CC1)c1ccccc1. The largest absolute Gasteiger partial charge is 0.763 e. The summed E-state index contributed by atoms with van der Waals surface area (Å²) in [7, 11) is 0. The van der Waals surface area contributed by atoms with Crippen LogP contribution in [-0.4, -0.2) is 54.5 Å². The van der Waals surface area contributed by atoms with Crippen LogP contribution in [0.3, 0.4) is 0 Å². The minimum Gasteiger partial charge on any atom is -0.763 e. The maximum Gasteiger partial charge on any atom is 0.528 e. The van der Waals surface area contributed by atoms with E-state index in [4.69, 9.17) is 23.1 Å². The highest BCUT2D eigenvalue weighted by molar-refractivity contribution is 5.96. The lowest BCUT2D eigenvalue weighted by Gasteiger charge is -2.37. The molecule has 1 heterocycles. The molecule has 0 unspecified atom stereocenters. The zero-order valence-electron chi connectivity index (χ0n) is 28.6. The maximum absolute atomic E-state index is 12.4. The molecule has 254 valence electrons. The minimum absolute atomic E-state index is 0.0524. The number of benzene rings is 2. The Hall–Kier alpha value is -7.41. The molecule has 2 aliphatic rings. The van der Waals surface area contributed by atoms with Gasteiger partial charge >= 0.3 is 18.0 Å². The van der Waals surface area contributed by atoms with Crippen molar-refractivity contribution < 1.29 is 14.8 Å². The maximum atomic E-state index is 12.4. The summed E-state index contributed by atoms with van der Waals surface area (Å²) in [6, 6.07) is 24.2.